The van der Waals surface area contributed by atoms with E-state index in [1.165, 1.54) is 5.56 Å². The fraction of sp³-hybridized carbons (Fsp3) is 0.529. The smallest absolute Gasteiger partial charge is 0.134 e. The van der Waals surface area contributed by atoms with Gasteiger partial charge in [-0.05, 0) is 37.6 Å². The van der Waals surface area contributed by atoms with E-state index in [4.69, 9.17) is 9.84 Å². The summed E-state index contributed by atoms with van der Waals surface area (Å²) in [4.78, 5) is 2.44. The lowest BCUT2D eigenvalue weighted by atomic mass is 10.1. The standard InChI is InChI=1S/C17H25NO2/c1-5-14(3)18(6-2)13-15-9-10-17(20-4)16(12-15)8-7-11-19/h9-10,12,14,19H,5-6,11,13H2,1-4H3. The molecule has 110 valence electrons. The molecule has 1 atom stereocenters. The summed E-state index contributed by atoms with van der Waals surface area (Å²) in [5.41, 5.74) is 2.05. The summed E-state index contributed by atoms with van der Waals surface area (Å²) in [6, 6.07) is 6.64. The molecule has 0 radical (unpaired) electrons. The third-order valence-electron chi connectivity index (χ3n) is 3.57. The summed E-state index contributed by atoms with van der Waals surface area (Å²) >= 11 is 0. The van der Waals surface area contributed by atoms with Crippen molar-refractivity contribution in [1.29, 1.82) is 0 Å². The van der Waals surface area contributed by atoms with Gasteiger partial charge >= 0.3 is 0 Å². The average molecular weight is 275 g/mol. The number of ether oxygens (including phenoxy) is 1. The maximum Gasteiger partial charge on any atom is 0.134 e. The molecule has 0 aliphatic heterocycles. The van der Waals surface area contributed by atoms with Crippen molar-refractivity contribution in [2.45, 2.75) is 39.8 Å². The summed E-state index contributed by atoms with van der Waals surface area (Å²) in [5.74, 6) is 6.38. The van der Waals surface area contributed by atoms with Crippen LogP contribution in [0.25, 0.3) is 0 Å². The van der Waals surface area contributed by atoms with Gasteiger partial charge in [-0.15, -0.1) is 0 Å². The van der Waals surface area contributed by atoms with E-state index in [0.29, 0.717) is 6.04 Å². The molecule has 1 rings (SSSR count). The largest absolute Gasteiger partial charge is 0.495 e. The summed E-state index contributed by atoms with van der Waals surface area (Å²) in [5, 5.41) is 8.83. The molecule has 0 amide bonds. The second-order valence-electron chi connectivity index (χ2n) is 4.81. The fourth-order valence-electron chi connectivity index (χ4n) is 2.16. The summed E-state index contributed by atoms with van der Waals surface area (Å²) in [7, 11) is 1.64. The van der Waals surface area contributed by atoms with Crippen LogP contribution in [0.15, 0.2) is 18.2 Å². The Morgan fingerprint density at radius 3 is 2.65 bits per heavy atom. The summed E-state index contributed by atoms with van der Waals surface area (Å²) < 4.78 is 5.30. The molecule has 0 aromatic heterocycles. The Bertz CT molecular complexity index is 474. The predicted molar refractivity (Wildman–Crippen MR) is 82.8 cm³/mol. The van der Waals surface area contributed by atoms with Gasteiger partial charge in [-0.2, -0.15) is 0 Å². The Morgan fingerprint density at radius 2 is 2.10 bits per heavy atom. The van der Waals surface area contributed by atoms with Crippen LogP contribution in [0.4, 0.5) is 0 Å². The molecule has 0 aliphatic carbocycles. The Kier molecular flexibility index (Phi) is 7.14. The number of nitrogens with zero attached hydrogens (tertiary/aromatic N) is 1. The number of hydrogen-bond acceptors (Lipinski definition) is 3. The van der Waals surface area contributed by atoms with Crippen LogP contribution in [-0.2, 0) is 6.54 Å². The molecule has 1 N–H and O–H groups in total. The van der Waals surface area contributed by atoms with Crippen LogP contribution in [0.3, 0.4) is 0 Å². The highest BCUT2D eigenvalue weighted by molar-refractivity contribution is 5.48. The minimum atomic E-state index is -0.138. The molecule has 0 saturated heterocycles. The Hall–Kier alpha value is -1.50. The van der Waals surface area contributed by atoms with Crippen LogP contribution < -0.4 is 4.74 Å². The highest BCUT2D eigenvalue weighted by atomic mass is 16.5. The lowest BCUT2D eigenvalue weighted by molar-refractivity contribution is 0.206. The lowest BCUT2D eigenvalue weighted by Gasteiger charge is -2.27. The number of aliphatic hydroxyl groups is 1. The van der Waals surface area contributed by atoms with Crippen molar-refractivity contribution in [3.63, 3.8) is 0 Å². The van der Waals surface area contributed by atoms with Gasteiger partial charge in [0, 0.05) is 12.6 Å². The van der Waals surface area contributed by atoms with E-state index in [1.807, 2.05) is 12.1 Å². The zero-order valence-electron chi connectivity index (χ0n) is 12.9. The molecule has 0 aliphatic rings. The molecule has 1 aromatic carbocycles. The van der Waals surface area contributed by atoms with Crippen molar-refractivity contribution >= 4 is 0 Å². The third kappa shape index (κ3) is 4.56. The van der Waals surface area contributed by atoms with Crippen molar-refractivity contribution < 1.29 is 9.84 Å². The van der Waals surface area contributed by atoms with Gasteiger partial charge in [-0.1, -0.05) is 31.8 Å². The van der Waals surface area contributed by atoms with Gasteiger partial charge in [0.2, 0.25) is 0 Å². The molecule has 1 aromatic rings. The number of hydrogen-bond donors (Lipinski definition) is 1. The molecule has 0 bridgehead atoms. The van der Waals surface area contributed by atoms with Gasteiger partial charge in [0.25, 0.3) is 0 Å². The van der Waals surface area contributed by atoms with Gasteiger partial charge in [-0.3, -0.25) is 4.90 Å². The molecule has 3 heteroatoms. The van der Waals surface area contributed by atoms with Crippen LogP contribution in [0.1, 0.15) is 38.3 Å². The SMILES string of the molecule is CCC(C)N(CC)Cc1ccc(OC)c(C#CCO)c1. The van der Waals surface area contributed by atoms with Crippen LogP contribution in [0, 0.1) is 11.8 Å². The second-order valence-corrected chi connectivity index (χ2v) is 4.81. The Labute approximate surface area is 122 Å². The number of aliphatic hydroxyl groups excluding tert-OH is 1. The zero-order chi connectivity index (χ0) is 15.0. The van der Waals surface area contributed by atoms with E-state index in [0.717, 1.165) is 30.8 Å². The number of methoxy groups -OCH3 is 1. The molecule has 1 unspecified atom stereocenters. The first-order chi connectivity index (χ1) is 9.65. The monoisotopic (exact) mass is 275 g/mol. The minimum absolute atomic E-state index is 0.138. The Morgan fingerprint density at radius 1 is 1.35 bits per heavy atom. The van der Waals surface area contributed by atoms with Gasteiger partial charge in [0.1, 0.15) is 12.4 Å². The van der Waals surface area contributed by atoms with Crippen LogP contribution in [-0.4, -0.2) is 36.3 Å². The number of benzene rings is 1. The number of rotatable bonds is 6. The normalized spacial score (nSPS) is 11.9. The average Bonchev–Trinajstić information content (AvgIpc) is 2.49. The van der Waals surface area contributed by atoms with E-state index in [1.54, 1.807) is 7.11 Å². The van der Waals surface area contributed by atoms with Crippen molar-refractivity contribution in [1.82, 2.24) is 4.90 Å². The van der Waals surface area contributed by atoms with Gasteiger partial charge in [-0.25, -0.2) is 0 Å². The molecule has 0 spiro atoms. The van der Waals surface area contributed by atoms with Crippen LogP contribution in [0.5, 0.6) is 5.75 Å². The fourth-order valence-corrected chi connectivity index (χ4v) is 2.16. The first-order valence-electron chi connectivity index (χ1n) is 7.16. The molecule has 0 heterocycles. The van der Waals surface area contributed by atoms with Crippen molar-refractivity contribution in [3.8, 4) is 17.6 Å². The minimum Gasteiger partial charge on any atom is -0.495 e. The van der Waals surface area contributed by atoms with E-state index >= 15 is 0 Å². The zero-order valence-corrected chi connectivity index (χ0v) is 12.9. The van der Waals surface area contributed by atoms with E-state index in [9.17, 15) is 0 Å². The van der Waals surface area contributed by atoms with E-state index in [-0.39, 0.29) is 6.61 Å². The van der Waals surface area contributed by atoms with Gasteiger partial charge < -0.3 is 9.84 Å². The van der Waals surface area contributed by atoms with Crippen molar-refractivity contribution in [3.05, 3.63) is 29.3 Å². The van der Waals surface area contributed by atoms with Gasteiger partial charge in [0.05, 0.1) is 12.7 Å². The van der Waals surface area contributed by atoms with Crippen molar-refractivity contribution in [2.75, 3.05) is 20.3 Å². The van der Waals surface area contributed by atoms with Crippen LogP contribution >= 0.6 is 0 Å². The summed E-state index contributed by atoms with van der Waals surface area (Å²) in [6.45, 7) is 8.44. The Balaban J connectivity index is 2.96. The van der Waals surface area contributed by atoms with Crippen molar-refractivity contribution in [2.24, 2.45) is 0 Å². The summed E-state index contributed by atoms with van der Waals surface area (Å²) in [6.07, 6.45) is 1.14. The highest BCUT2D eigenvalue weighted by Gasteiger charge is 2.11. The molecule has 20 heavy (non-hydrogen) atoms. The van der Waals surface area contributed by atoms with Crippen LogP contribution in [0.2, 0.25) is 0 Å². The molecule has 0 saturated carbocycles. The second kappa shape index (κ2) is 8.63. The highest BCUT2D eigenvalue weighted by Crippen LogP contribution is 2.20. The first kappa shape index (κ1) is 16.6. The molecule has 3 nitrogen and oxygen atoms in total. The topological polar surface area (TPSA) is 32.7 Å². The molecule has 0 fully saturated rings. The maximum absolute atomic E-state index is 8.83. The van der Waals surface area contributed by atoms with E-state index < -0.39 is 0 Å². The predicted octanol–water partition coefficient (Wildman–Crippen LogP) is 2.66. The molecular formula is C17H25NO2. The third-order valence-corrected chi connectivity index (χ3v) is 3.57. The van der Waals surface area contributed by atoms with Gasteiger partial charge in [0.15, 0.2) is 0 Å². The molecular weight excluding hydrogens is 250 g/mol. The quantitative estimate of drug-likeness (QED) is 0.810. The first-order valence-corrected chi connectivity index (χ1v) is 7.16. The van der Waals surface area contributed by atoms with E-state index in [2.05, 4.69) is 43.6 Å². The maximum atomic E-state index is 8.83. The lowest BCUT2D eigenvalue weighted by Crippen LogP contribution is -2.31.